The van der Waals surface area contributed by atoms with Gasteiger partial charge in [0.15, 0.2) is 0 Å². The molecular formula is C14H25NO4. The Bertz CT molecular complexity index is 309. The Hall–Kier alpha value is -1.10. The molecule has 0 spiro atoms. The van der Waals surface area contributed by atoms with Crippen molar-refractivity contribution >= 4 is 11.9 Å². The number of hydrogen-bond acceptors (Lipinski definition) is 3. The first-order valence-corrected chi connectivity index (χ1v) is 7.08. The summed E-state index contributed by atoms with van der Waals surface area (Å²) in [4.78, 5) is 23.2. The van der Waals surface area contributed by atoms with Crippen LogP contribution in [0.15, 0.2) is 0 Å². The van der Waals surface area contributed by atoms with Gasteiger partial charge in [-0.25, -0.2) is 4.79 Å². The van der Waals surface area contributed by atoms with Gasteiger partial charge >= 0.3 is 5.97 Å². The van der Waals surface area contributed by atoms with E-state index in [0.29, 0.717) is 32.0 Å². The minimum absolute atomic E-state index is 0.224. The minimum atomic E-state index is -1.05. The molecule has 0 saturated heterocycles. The molecular weight excluding hydrogens is 246 g/mol. The Balaban J connectivity index is 2.37. The maximum atomic E-state index is 11.8. The lowest BCUT2D eigenvalue weighted by Gasteiger charge is -2.34. The fraction of sp³-hybridized carbons (Fsp3) is 0.857. The number of carbonyl (C=O) groups is 2. The average molecular weight is 271 g/mol. The van der Waals surface area contributed by atoms with Crippen molar-refractivity contribution in [1.29, 1.82) is 0 Å². The number of carbonyl (C=O) groups excluding carboxylic acids is 1. The first-order chi connectivity index (χ1) is 8.96. The van der Waals surface area contributed by atoms with Gasteiger partial charge in [-0.3, -0.25) is 4.79 Å². The van der Waals surface area contributed by atoms with Gasteiger partial charge in [-0.1, -0.05) is 33.1 Å². The van der Waals surface area contributed by atoms with E-state index >= 15 is 0 Å². The molecule has 0 aromatic heterocycles. The van der Waals surface area contributed by atoms with Crippen LogP contribution >= 0.6 is 0 Å². The predicted octanol–water partition coefficient (Wildman–Crippen LogP) is 1.95. The third-order valence-electron chi connectivity index (χ3n) is 3.42. The van der Waals surface area contributed by atoms with Crippen LogP contribution in [0.3, 0.4) is 0 Å². The highest BCUT2D eigenvalue weighted by molar-refractivity contribution is 5.87. The van der Waals surface area contributed by atoms with Gasteiger partial charge in [-0.05, 0) is 18.8 Å². The van der Waals surface area contributed by atoms with Crippen LogP contribution in [0.5, 0.6) is 0 Å². The molecule has 1 saturated carbocycles. The maximum Gasteiger partial charge on any atom is 0.329 e. The molecule has 0 aliphatic heterocycles. The summed E-state index contributed by atoms with van der Waals surface area (Å²) in [6, 6.07) is 0. The SMILES string of the molecule is CC(C)COCCC(=O)NC1(C(=O)O)CCCCC1. The van der Waals surface area contributed by atoms with Gasteiger partial charge in [0.1, 0.15) is 5.54 Å². The molecule has 0 heterocycles. The zero-order valence-electron chi connectivity index (χ0n) is 11.9. The van der Waals surface area contributed by atoms with Gasteiger partial charge in [-0.2, -0.15) is 0 Å². The Morgan fingerprint density at radius 1 is 1.26 bits per heavy atom. The zero-order valence-corrected chi connectivity index (χ0v) is 11.9. The highest BCUT2D eigenvalue weighted by Gasteiger charge is 2.40. The average Bonchev–Trinajstić information content (AvgIpc) is 2.35. The van der Waals surface area contributed by atoms with E-state index in [2.05, 4.69) is 5.32 Å². The summed E-state index contributed by atoms with van der Waals surface area (Å²) in [7, 11) is 0. The minimum Gasteiger partial charge on any atom is -0.480 e. The molecule has 19 heavy (non-hydrogen) atoms. The zero-order chi connectivity index (χ0) is 14.3. The molecule has 0 bridgehead atoms. The van der Waals surface area contributed by atoms with Gasteiger partial charge < -0.3 is 15.2 Å². The Morgan fingerprint density at radius 2 is 1.89 bits per heavy atom. The van der Waals surface area contributed by atoms with Crippen molar-refractivity contribution in [3.05, 3.63) is 0 Å². The molecule has 1 fully saturated rings. The molecule has 0 radical (unpaired) electrons. The second-order valence-electron chi connectivity index (χ2n) is 5.71. The van der Waals surface area contributed by atoms with Crippen LogP contribution in [0.1, 0.15) is 52.4 Å². The van der Waals surface area contributed by atoms with Crippen molar-refractivity contribution in [2.75, 3.05) is 13.2 Å². The van der Waals surface area contributed by atoms with Gasteiger partial charge in [0.05, 0.1) is 6.61 Å². The molecule has 0 aromatic rings. The van der Waals surface area contributed by atoms with Crippen LogP contribution in [0.4, 0.5) is 0 Å². The van der Waals surface area contributed by atoms with Gasteiger partial charge in [0, 0.05) is 13.0 Å². The third kappa shape index (κ3) is 5.19. The normalized spacial score (nSPS) is 18.3. The summed E-state index contributed by atoms with van der Waals surface area (Å²) >= 11 is 0. The summed E-state index contributed by atoms with van der Waals surface area (Å²) in [6.07, 6.45) is 4.04. The molecule has 1 aliphatic carbocycles. The number of hydrogen-bond donors (Lipinski definition) is 2. The van der Waals surface area contributed by atoms with Crippen LogP contribution in [-0.4, -0.2) is 35.7 Å². The summed E-state index contributed by atoms with van der Waals surface area (Å²) in [5.41, 5.74) is -1.05. The van der Waals surface area contributed by atoms with E-state index in [0.717, 1.165) is 19.3 Å². The van der Waals surface area contributed by atoms with E-state index in [9.17, 15) is 14.7 Å². The van der Waals surface area contributed by atoms with Gasteiger partial charge in [0.25, 0.3) is 0 Å². The fourth-order valence-corrected chi connectivity index (χ4v) is 2.36. The lowest BCUT2D eigenvalue weighted by atomic mass is 9.81. The number of amides is 1. The lowest BCUT2D eigenvalue weighted by molar-refractivity contribution is -0.149. The fourth-order valence-electron chi connectivity index (χ4n) is 2.36. The van der Waals surface area contributed by atoms with E-state index in [1.165, 1.54) is 0 Å². The van der Waals surface area contributed by atoms with Crippen LogP contribution in [-0.2, 0) is 14.3 Å². The number of rotatable bonds is 7. The molecule has 1 amide bonds. The van der Waals surface area contributed by atoms with Crippen LogP contribution in [0.2, 0.25) is 0 Å². The second kappa shape index (κ2) is 7.48. The second-order valence-corrected chi connectivity index (χ2v) is 5.71. The molecule has 0 unspecified atom stereocenters. The summed E-state index contributed by atoms with van der Waals surface area (Å²) < 4.78 is 5.34. The Labute approximate surface area is 114 Å². The van der Waals surface area contributed by atoms with Crippen molar-refractivity contribution < 1.29 is 19.4 Å². The number of carboxylic acids is 1. The van der Waals surface area contributed by atoms with Crippen molar-refractivity contribution in [3.63, 3.8) is 0 Å². The summed E-state index contributed by atoms with van der Waals surface area (Å²) in [5.74, 6) is -0.705. The molecule has 1 aliphatic rings. The topological polar surface area (TPSA) is 75.6 Å². The molecule has 5 heteroatoms. The molecule has 0 aromatic carbocycles. The monoisotopic (exact) mass is 271 g/mol. The maximum absolute atomic E-state index is 11.8. The van der Waals surface area contributed by atoms with E-state index < -0.39 is 11.5 Å². The van der Waals surface area contributed by atoms with Crippen molar-refractivity contribution in [1.82, 2.24) is 5.32 Å². The van der Waals surface area contributed by atoms with Gasteiger partial charge in [0.2, 0.25) is 5.91 Å². The summed E-state index contributed by atoms with van der Waals surface area (Å²) in [6.45, 7) is 5.06. The Morgan fingerprint density at radius 3 is 2.42 bits per heavy atom. The number of nitrogens with one attached hydrogen (secondary N) is 1. The molecule has 110 valence electrons. The van der Waals surface area contributed by atoms with Crippen LogP contribution < -0.4 is 5.32 Å². The molecule has 2 N–H and O–H groups in total. The molecule has 0 atom stereocenters. The first-order valence-electron chi connectivity index (χ1n) is 7.08. The Kier molecular flexibility index (Phi) is 6.28. The first kappa shape index (κ1) is 16.0. The van der Waals surface area contributed by atoms with Crippen LogP contribution in [0, 0.1) is 5.92 Å². The van der Waals surface area contributed by atoms with Crippen molar-refractivity contribution in [2.45, 2.75) is 57.9 Å². The van der Waals surface area contributed by atoms with Crippen molar-refractivity contribution in [3.8, 4) is 0 Å². The molecule has 1 rings (SSSR count). The quantitative estimate of drug-likeness (QED) is 0.694. The predicted molar refractivity (Wildman–Crippen MR) is 71.9 cm³/mol. The van der Waals surface area contributed by atoms with Crippen molar-refractivity contribution in [2.24, 2.45) is 5.92 Å². The van der Waals surface area contributed by atoms with E-state index in [1.807, 2.05) is 13.8 Å². The highest BCUT2D eigenvalue weighted by Crippen LogP contribution is 2.28. The van der Waals surface area contributed by atoms with Gasteiger partial charge in [-0.15, -0.1) is 0 Å². The van der Waals surface area contributed by atoms with E-state index in [4.69, 9.17) is 4.74 Å². The third-order valence-corrected chi connectivity index (χ3v) is 3.42. The standard InChI is InChI=1S/C14H25NO4/c1-11(2)10-19-9-6-12(16)15-14(13(17)18)7-4-3-5-8-14/h11H,3-10H2,1-2H3,(H,15,16)(H,17,18). The summed E-state index contributed by atoms with van der Waals surface area (Å²) in [5, 5.41) is 12.0. The highest BCUT2D eigenvalue weighted by atomic mass is 16.5. The number of aliphatic carboxylic acids is 1. The van der Waals surface area contributed by atoms with Crippen LogP contribution in [0.25, 0.3) is 0 Å². The lowest BCUT2D eigenvalue weighted by Crippen LogP contribution is -2.55. The number of ether oxygens (including phenoxy) is 1. The van der Waals surface area contributed by atoms with E-state index in [1.54, 1.807) is 0 Å². The van der Waals surface area contributed by atoms with E-state index in [-0.39, 0.29) is 12.3 Å². The number of carboxylic acid groups (broad SMARTS) is 1. The molecule has 5 nitrogen and oxygen atoms in total. The largest absolute Gasteiger partial charge is 0.480 e. The smallest absolute Gasteiger partial charge is 0.329 e.